The molecule has 2 aromatic rings. The molecule has 0 aliphatic heterocycles. The summed E-state index contributed by atoms with van der Waals surface area (Å²) in [7, 11) is 0. The Morgan fingerprint density at radius 2 is 1.59 bits per heavy atom. The fourth-order valence-corrected chi connectivity index (χ4v) is 4.62. The monoisotopic (exact) mass is 436 g/mol. The first-order valence-electron chi connectivity index (χ1n) is 10.9. The van der Waals surface area contributed by atoms with E-state index in [9.17, 15) is 19.5 Å². The van der Waals surface area contributed by atoms with Crippen molar-refractivity contribution in [1.82, 2.24) is 10.6 Å². The Morgan fingerprint density at radius 3 is 2.19 bits per heavy atom. The van der Waals surface area contributed by atoms with E-state index in [4.69, 9.17) is 4.74 Å². The smallest absolute Gasteiger partial charge is 0.407 e. The number of carbonyl (C=O) groups excluding carboxylic acids is 2. The van der Waals surface area contributed by atoms with Crippen LogP contribution in [0.4, 0.5) is 4.79 Å². The van der Waals surface area contributed by atoms with E-state index in [2.05, 4.69) is 34.9 Å². The van der Waals surface area contributed by atoms with Gasteiger partial charge in [0.2, 0.25) is 5.91 Å². The van der Waals surface area contributed by atoms with Crippen molar-refractivity contribution in [3.8, 4) is 11.1 Å². The van der Waals surface area contributed by atoms with Gasteiger partial charge >= 0.3 is 12.1 Å². The molecule has 2 atom stereocenters. The molecule has 2 amide bonds. The number of hydrogen-bond donors (Lipinski definition) is 3. The fourth-order valence-electron chi connectivity index (χ4n) is 4.62. The molecular weight excluding hydrogens is 408 g/mol. The van der Waals surface area contributed by atoms with Crippen LogP contribution in [0.2, 0.25) is 0 Å². The van der Waals surface area contributed by atoms with Gasteiger partial charge in [-0.3, -0.25) is 4.79 Å². The molecule has 1 fully saturated rings. The first-order valence-corrected chi connectivity index (χ1v) is 10.9. The van der Waals surface area contributed by atoms with Gasteiger partial charge in [-0.15, -0.1) is 0 Å². The zero-order valence-electron chi connectivity index (χ0n) is 18.3. The van der Waals surface area contributed by atoms with Gasteiger partial charge in [-0.25, -0.2) is 9.59 Å². The summed E-state index contributed by atoms with van der Waals surface area (Å²) in [5.74, 6) is -1.72. The molecule has 0 unspecified atom stereocenters. The van der Waals surface area contributed by atoms with Gasteiger partial charge in [-0.05, 0) is 55.4 Å². The van der Waals surface area contributed by atoms with Gasteiger partial charge in [0.1, 0.15) is 12.1 Å². The van der Waals surface area contributed by atoms with Crippen molar-refractivity contribution in [1.29, 1.82) is 0 Å². The molecule has 168 valence electrons. The number of amides is 2. The summed E-state index contributed by atoms with van der Waals surface area (Å²) in [6.07, 6.45) is 1.21. The molecule has 0 heterocycles. The van der Waals surface area contributed by atoms with Crippen molar-refractivity contribution in [2.75, 3.05) is 6.61 Å². The predicted octanol–water partition coefficient (Wildman–Crippen LogP) is 3.67. The fraction of sp³-hybridized carbons (Fsp3) is 0.400. The molecule has 0 saturated heterocycles. The average Bonchev–Trinajstić information content (AvgIpc) is 3.35. The Kier molecular flexibility index (Phi) is 5.91. The Morgan fingerprint density at radius 1 is 1.00 bits per heavy atom. The van der Waals surface area contributed by atoms with Crippen molar-refractivity contribution >= 4 is 18.0 Å². The van der Waals surface area contributed by atoms with Crippen LogP contribution in [0.5, 0.6) is 0 Å². The van der Waals surface area contributed by atoms with E-state index >= 15 is 0 Å². The Labute approximate surface area is 187 Å². The van der Waals surface area contributed by atoms with Crippen molar-refractivity contribution in [3.63, 3.8) is 0 Å². The molecule has 3 N–H and O–H groups in total. The minimum Gasteiger partial charge on any atom is -0.480 e. The van der Waals surface area contributed by atoms with Crippen LogP contribution in [-0.4, -0.2) is 41.3 Å². The Hall–Kier alpha value is -3.35. The summed E-state index contributed by atoms with van der Waals surface area (Å²) in [5.41, 5.74) is 3.33. The molecule has 0 spiro atoms. The summed E-state index contributed by atoms with van der Waals surface area (Å²) < 4.78 is 5.58. The third-order valence-corrected chi connectivity index (χ3v) is 6.44. The second kappa shape index (κ2) is 8.65. The number of carbonyl (C=O) groups is 3. The molecule has 0 radical (unpaired) electrons. The van der Waals surface area contributed by atoms with Crippen molar-refractivity contribution in [2.45, 2.75) is 50.6 Å². The summed E-state index contributed by atoms with van der Waals surface area (Å²) in [4.78, 5) is 36.1. The minimum atomic E-state index is -1.32. The number of nitrogens with one attached hydrogen (secondary N) is 2. The van der Waals surface area contributed by atoms with Crippen LogP contribution in [0.25, 0.3) is 11.1 Å². The SMILES string of the molecule is CC(C)(NC(=O)[C@@H]1CC[C@H](NC(=O)OCC2c3ccccc3-c3ccccc32)C1)C(=O)O. The lowest BCUT2D eigenvalue weighted by atomic mass is 9.98. The van der Waals surface area contributed by atoms with Crippen LogP contribution in [0.15, 0.2) is 48.5 Å². The molecule has 4 rings (SSSR count). The zero-order chi connectivity index (χ0) is 22.9. The lowest BCUT2D eigenvalue weighted by Gasteiger charge is -2.23. The maximum absolute atomic E-state index is 12.5. The van der Waals surface area contributed by atoms with Crippen molar-refractivity contribution < 1.29 is 24.2 Å². The van der Waals surface area contributed by atoms with Gasteiger partial charge in [-0.2, -0.15) is 0 Å². The first-order chi connectivity index (χ1) is 15.3. The van der Waals surface area contributed by atoms with Gasteiger partial charge in [0, 0.05) is 17.9 Å². The summed E-state index contributed by atoms with van der Waals surface area (Å²) in [6.45, 7) is 3.15. The number of alkyl carbamates (subject to hydrolysis) is 1. The van der Waals surface area contributed by atoms with Crippen LogP contribution in [0.3, 0.4) is 0 Å². The van der Waals surface area contributed by atoms with Crippen LogP contribution in [0.1, 0.15) is 50.2 Å². The van der Waals surface area contributed by atoms with Crippen LogP contribution < -0.4 is 10.6 Å². The van der Waals surface area contributed by atoms with Gasteiger partial charge in [-0.1, -0.05) is 48.5 Å². The second-order valence-electron chi connectivity index (χ2n) is 9.10. The van der Waals surface area contributed by atoms with Gasteiger partial charge in [0.25, 0.3) is 0 Å². The highest BCUT2D eigenvalue weighted by Crippen LogP contribution is 2.44. The van der Waals surface area contributed by atoms with Gasteiger partial charge in [0.15, 0.2) is 0 Å². The highest BCUT2D eigenvalue weighted by Gasteiger charge is 2.36. The maximum Gasteiger partial charge on any atom is 0.407 e. The highest BCUT2D eigenvalue weighted by molar-refractivity contribution is 5.87. The summed E-state index contributed by atoms with van der Waals surface area (Å²) >= 11 is 0. The highest BCUT2D eigenvalue weighted by atomic mass is 16.5. The van der Waals surface area contributed by atoms with Crippen molar-refractivity contribution in [2.24, 2.45) is 5.92 Å². The van der Waals surface area contributed by atoms with E-state index in [1.165, 1.54) is 25.0 Å². The molecule has 2 aliphatic carbocycles. The Bertz CT molecular complexity index is 1000. The number of rotatable bonds is 6. The van der Waals surface area contributed by atoms with Crippen LogP contribution >= 0.6 is 0 Å². The Balaban J connectivity index is 1.31. The quantitative estimate of drug-likeness (QED) is 0.641. The third-order valence-electron chi connectivity index (χ3n) is 6.44. The molecular formula is C25H28N2O5. The molecule has 0 aromatic heterocycles. The molecule has 0 bridgehead atoms. The molecule has 1 saturated carbocycles. The van der Waals surface area contributed by atoms with Crippen LogP contribution in [-0.2, 0) is 14.3 Å². The van der Waals surface area contributed by atoms with E-state index in [1.807, 2.05) is 24.3 Å². The summed E-state index contributed by atoms with van der Waals surface area (Å²) in [6, 6.07) is 16.1. The number of hydrogen-bond acceptors (Lipinski definition) is 4. The number of aliphatic carboxylic acids is 1. The largest absolute Gasteiger partial charge is 0.480 e. The van der Waals surface area contributed by atoms with E-state index in [1.54, 1.807) is 0 Å². The molecule has 32 heavy (non-hydrogen) atoms. The van der Waals surface area contributed by atoms with Gasteiger partial charge < -0.3 is 20.5 Å². The molecule has 2 aromatic carbocycles. The van der Waals surface area contributed by atoms with Crippen molar-refractivity contribution in [3.05, 3.63) is 59.7 Å². The lowest BCUT2D eigenvalue weighted by Crippen LogP contribution is -2.51. The number of fused-ring (bicyclic) bond motifs is 3. The minimum absolute atomic E-state index is 0.00601. The number of benzene rings is 2. The van der Waals surface area contributed by atoms with Crippen LogP contribution in [0, 0.1) is 5.92 Å². The van der Waals surface area contributed by atoms with E-state index < -0.39 is 17.6 Å². The zero-order valence-corrected chi connectivity index (χ0v) is 18.3. The molecule has 7 nitrogen and oxygen atoms in total. The molecule has 7 heteroatoms. The maximum atomic E-state index is 12.5. The van der Waals surface area contributed by atoms with Gasteiger partial charge in [0.05, 0.1) is 0 Å². The first kappa shape index (κ1) is 21.9. The number of carboxylic acid groups (broad SMARTS) is 1. The predicted molar refractivity (Wildman–Crippen MR) is 119 cm³/mol. The second-order valence-corrected chi connectivity index (χ2v) is 9.10. The third kappa shape index (κ3) is 4.33. The molecule has 2 aliphatic rings. The van der Waals surface area contributed by atoms with E-state index in [0.717, 1.165) is 11.1 Å². The lowest BCUT2D eigenvalue weighted by molar-refractivity contribution is -0.146. The average molecular weight is 437 g/mol. The topological polar surface area (TPSA) is 105 Å². The standard InChI is InChI=1S/C25H28N2O5/c1-25(2,23(29)30)27-22(28)15-11-12-16(13-15)26-24(31)32-14-21-19-9-5-3-7-17(19)18-8-4-6-10-20(18)21/h3-10,15-16,21H,11-14H2,1-2H3,(H,26,31)(H,27,28)(H,29,30)/t15-,16+/m1/s1. The number of carboxylic acids is 1. The van der Waals surface area contributed by atoms with E-state index in [0.29, 0.717) is 19.3 Å². The van der Waals surface area contributed by atoms with E-state index in [-0.39, 0.29) is 30.4 Å². The normalized spacial score (nSPS) is 19.7. The summed E-state index contributed by atoms with van der Waals surface area (Å²) in [5, 5.41) is 14.6. The number of ether oxygens (including phenoxy) is 1.